The SMILES string of the molecule is Cc1ccc(Cn2nc(C)c(C(=O)O[C@@H](C)C(=O)Nc3ccc(C)cc3)c2C)cc1. The minimum absolute atomic E-state index is 0.380. The van der Waals surface area contributed by atoms with Crippen LogP contribution in [0.2, 0.25) is 0 Å². The van der Waals surface area contributed by atoms with Crippen LogP contribution in [0.25, 0.3) is 0 Å². The van der Waals surface area contributed by atoms with Gasteiger partial charge in [0.1, 0.15) is 5.56 Å². The molecule has 3 aromatic rings. The van der Waals surface area contributed by atoms with Gasteiger partial charge in [-0.15, -0.1) is 0 Å². The van der Waals surface area contributed by atoms with Crippen LogP contribution in [0.3, 0.4) is 0 Å². The Morgan fingerprint density at radius 2 is 1.53 bits per heavy atom. The molecule has 1 heterocycles. The van der Waals surface area contributed by atoms with E-state index in [1.807, 2.05) is 69.3 Å². The van der Waals surface area contributed by atoms with Crippen molar-refractivity contribution in [1.29, 1.82) is 0 Å². The highest BCUT2D eigenvalue weighted by Crippen LogP contribution is 2.18. The first-order valence-corrected chi connectivity index (χ1v) is 9.92. The Bertz CT molecular complexity index is 1050. The van der Waals surface area contributed by atoms with Gasteiger partial charge in [0, 0.05) is 5.69 Å². The number of ether oxygens (including phenoxy) is 1. The number of esters is 1. The highest BCUT2D eigenvalue weighted by molar-refractivity contribution is 5.98. The largest absolute Gasteiger partial charge is 0.449 e. The highest BCUT2D eigenvalue weighted by atomic mass is 16.5. The molecule has 1 amide bonds. The molecule has 156 valence electrons. The Morgan fingerprint density at radius 1 is 0.967 bits per heavy atom. The van der Waals surface area contributed by atoms with Gasteiger partial charge in [-0.3, -0.25) is 9.48 Å². The quantitative estimate of drug-likeness (QED) is 0.619. The third-order valence-electron chi connectivity index (χ3n) is 5.01. The van der Waals surface area contributed by atoms with Crippen LogP contribution >= 0.6 is 0 Å². The van der Waals surface area contributed by atoms with Crippen molar-refractivity contribution in [3.8, 4) is 0 Å². The Kier molecular flexibility index (Phi) is 6.35. The zero-order valence-corrected chi connectivity index (χ0v) is 18.0. The molecule has 0 unspecified atom stereocenters. The third kappa shape index (κ3) is 4.95. The van der Waals surface area contributed by atoms with Crippen molar-refractivity contribution < 1.29 is 14.3 Å². The van der Waals surface area contributed by atoms with Crippen LogP contribution in [0.1, 0.15) is 45.4 Å². The topological polar surface area (TPSA) is 73.2 Å². The van der Waals surface area contributed by atoms with Crippen molar-refractivity contribution in [1.82, 2.24) is 9.78 Å². The molecule has 0 aliphatic rings. The lowest BCUT2D eigenvalue weighted by molar-refractivity contribution is -0.123. The number of hydrogen-bond acceptors (Lipinski definition) is 4. The van der Waals surface area contributed by atoms with Crippen molar-refractivity contribution in [3.63, 3.8) is 0 Å². The summed E-state index contributed by atoms with van der Waals surface area (Å²) in [4.78, 5) is 25.2. The van der Waals surface area contributed by atoms with Gasteiger partial charge in [-0.1, -0.05) is 47.5 Å². The second-order valence-electron chi connectivity index (χ2n) is 7.59. The number of aryl methyl sites for hydroxylation is 3. The first kappa shape index (κ1) is 21.3. The predicted molar refractivity (Wildman–Crippen MR) is 117 cm³/mol. The summed E-state index contributed by atoms with van der Waals surface area (Å²) in [6.45, 7) is 9.73. The van der Waals surface area contributed by atoms with Gasteiger partial charge in [-0.05, 0) is 52.3 Å². The van der Waals surface area contributed by atoms with Crippen LogP contribution in [0.15, 0.2) is 48.5 Å². The summed E-state index contributed by atoms with van der Waals surface area (Å²) >= 11 is 0. The zero-order chi connectivity index (χ0) is 21.8. The summed E-state index contributed by atoms with van der Waals surface area (Å²) in [5, 5.41) is 7.25. The number of nitrogens with zero attached hydrogens (tertiary/aromatic N) is 2. The lowest BCUT2D eigenvalue weighted by atomic mass is 10.1. The highest BCUT2D eigenvalue weighted by Gasteiger charge is 2.24. The maximum Gasteiger partial charge on any atom is 0.342 e. The van der Waals surface area contributed by atoms with E-state index in [1.54, 1.807) is 18.5 Å². The molecule has 0 bridgehead atoms. The van der Waals surface area contributed by atoms with Gasteiger partial charge < -0.3 is 10.1 Å². The predicted octanol–water partition coefficient (Wildman–Crippen LogP) is 4.35. The molecule has 6 heteroatoms. The van der Waals surface area contributed by atoms with Gasteiger partial charge in [-0.2, -0.15) is 5.10 Å². The van der Waals surface area contributed by atoms with Crippen molar-refractivity contribution in [3.05, 3.63) is 82.2 Å². The van der Waals surface area contributed by atoms with Crippen LogP contribution in [0.4, 0.5) is 5.69 Å². The molecule has 1 N–H and O–H groups in total. The lowest BCUT2D eigenvalue weighted by Crippen LogP contribution is -2.30. The molecule has 0 saturated heterocycles. The molecule has 0 saturated carbocycles. The van der Waals surface area contributed by atoms with Gasteiger partial charge in [0.05, 0.1) is 17.9 Å². The van der Waals surface area contributed by atoms with Gasteiger partial charge in [0.15, 0.2) is 6.10 Å². The molecular weight excluding hydrogens is 378 g/mol. The number of rotatable bonds is 6. The molecule has 0 fully saturated rings. The van der Waals surface area contributed by atoms with Crippen LogP contribution < -0.4 is 5.32 Å². The third-order valence-corrected chi connectivity index (χ3v) is 5.01. The number of hydrogen-bond donors (Lipinski definition) is 1. The lowest BCUT2D eigenvalue weighted by Gasteiger charge is -2.14. The Morgan fingerprint density at radius 3 is 2.13 bits per heavy atom. The summed E-state index contributed by atoms with van der Waals surface area (Å²) in [6, 6.07) is 15.6. The van der Waals surface area contributed by atoms with Gasteiger partial charge in [0.2, 0.25) is 0 Å². The summed E-state index contributed by atoms with van der Waals surface area (Å²) in [5.74, 6) is -0.929. The standard InChI is InChI=1S/C24H27N3O3/c1-15-6-10-20(11-7-15)14-27-18(4)22(17(3)26-27)24(29)30-19(5)23(28)25-21-12-8-16(2)9-13-21/h6-13,19H,14H2,1-5H3,(H,25,28)/t19-/m0/s1. The van der Waals surface area contributed by atoms with E-state index in [2.05, 4.69) is 10.4 Å². The molecule has 0 spiro atoms. The molecule has 30 heavy (non-hydrogen) atoms. The minimum Gasteiger partial charge on any atom is -0.449 e. The average Bonchev–Trinajstić information content (AvgIpc) is 2.98. The van der Waals surface area contributed by atoms with E-state index in [-0.39, 0.29) is 5.91 Å². The fourth-order valence-corrected chi connectivity index (χ4v) is 3.17. The maximum absolute atomic E-state index is 12.8. The number of aromatic nitrogens is 2. The van der Waals surface area contributed by atoms with E-state index in [0.717, 1.165) is 11.1 Å². The van der Waals surface area contributed by atoms with Crippen LogP contribution in [0, 0.1) is 27.7 Å². The van der Waals surface area contributed by atoms with E-state index < -0.39 is 12.1 Å². The fraction of sp³-hybridized carbons (Fsp3) is 0.292. The number of amides is 1. The molecule has 1 aromatic heterocycles. The number of benzene rings is 2. The van der Waals surface area contributed by atoms with Crippen molar-refractivity contribution in [2.75, 3.05) is 5.32 Å². The summed E-state index contributed by atoms with van der Waals surface area (Å²) in [5.41, 5.74) is 5.73. The molecule has 0 radical (unpaired) electrons. The van der Waals surface area contributed by atoms with Gasteiger partial charge in [-0.25, -0.2) is 4.79 Å². The van der Waals surface area contributed by atoms with Gasteiger partial charge in [0.25, 0.3) is 5.91 Å². The zero-order valence-electron chi connectivity index (χ0n) is 18.0. The minimum atomic E-state index is -0.932. The van der Waals surface area contributed by atoms with E-state index in [4.69, 9.17) is 4.74 Å². The number of nitrogens with one attached hydrogen (secondary N) is 1. The molecular formula is C24H27N3O3. The molecule has 0 aliphatic carbocycles. The summed E-state index contributed by atoms with van der Waals surface area (Å²) in [7, 11) is 0. The van der Waals surface area contributed by atoms with Crippen LogP contribution in [-0.4, -0.2) is 27.8 Å². The average molecular weight is 405 g/mol. The van der Waals surface area contributed by atoms with E-state index in [9.17, 15) is 9.59 Å². The summed E-state index contributed by atoms with van der Waals surface area (Å²) < 4.78 is 7.22. The summed E-state index contributed by atoms with van der Waals surface area (Å²) in [6.07, 6.45) is -0.932. The Labute approximate surface area is 176 Å². The number of carbonyl (C=O) groups excluding carboxylic acids is 2. The number of anilines is 1. The molecule has 1 atom stereocenters. The van der Waals surface area contributed by atoms with Crippen molar-refractivity contribution in [2.45, 2.75) is 47.3 Å². The second kappa shape index (κ2) is 8.95. The monoisotopic (exact) mass is 405 g/mol. The Hall–Kier alpha value is -3.41. The number of carbonyl (C=O) groups is 2. The molecule has 2 aromatic carbocycles. The van der Waals surface area contributed by atoms with E-state index in [1.165, 1.54) is 5.56 Å². The van der Waals surface area contributed by atoms with Crippen LogP contribution in [-0.2, 0) is 16.1 Å². The molecule has 0 aliphatic heterocycles. The normalized spacial score (nSPS) is 11.8. The van der Waals surface area contributed by atoms with Crippen molar-refractivity contribution >= 4 is 17.6 Å². The Balaban J connectivity index is 1.68. The van der Waals surface area contributed by atoms with Crippen molar-refractivity contribution in [2.24, 2.45) is 0 Å². The maximum atomic E-state index is 12.8. The van der Waals surface area contributed by atoms with E-state index >= 15 is 0 Å². The van der Waals surface area contributed by atoms with Crippen LogP contribution in [0.5, 0.6) is 0 Å². The smallest absolute Gasteiger partial charge is 0.342 e. The first-order chi connectivity index (χ1) is 14.2. The van der Waals surface area contributed by atoms with Gasteiger partial charge >= 0.3 is 5.97 Å². The first-order valence-electron chi connectivity index (χ1n) is 9.92. The molecule has 6 nitrogen and oxygen atoms in total. The molecule has 3 rings (SSSR count). The second-order valence-corrected chi connectivity index (χ2v) is 7.59. The van der Waals surface area contributed by atoms with E-state index in [0.29, 0.717) is 29.2 Å². The fourth-order valence-electron chi connectivity index (χ4n) is 3.17.